The minimum atomic E-state index is -0.171. The highest BCUT2D eigenvalue weighted by Gasteiger charge is 2.25. The molecule has 5 nitrogen and oxygen atoms in total. The van der Waals surface area contributed by atoms with Crippen molar-refractivity contribution in [2.45, 2.75) is 25.3 Å². The molecule has 0 saturated carbocycles. The van der Waals surface area contributed by atoms with E-state index in [1.165, 1.54) is 0 Å². The van der Waals surface area contributed by atoms with Crippen molar-refractivity contribution in [3.63, 3.8) is 0 Å². The summed E-state index contributed by atoms with van der Waals surface area (Å²) in [5.41, 5.74) is 5.65. The summed E-state index contributed by atoms with van der Waals surface area (Å²) >= 11 is 0. The van der Waals surface area contributed by atoms with Crippen LogP contribution in [0.25, 0.3) is 0 Å². The van der Waals surface area contributed by atoms with Gasteiger partial charge in [-0.2, -0.15) is 4.98 Å². The van der Waals surface area contributed by atoms with Crippen molar-refractivity contribution in [2.24, 2.45) is 5.73 Å². The Hall–Kier alpha value is -0.940. The fraction of sp³-hybridized carbons (Fsp3) is 0.778. The van der Waals surface area contributed by atoms with Gasteiger partial charge in [-0.25, -0.2) is 0 Å². The predicted octanol–water partition coefficient (Wildman–Crippen LogP) is 0.508. The van der Waals surface area contributed by atoms with Gasteiger partial charge < -0.3 is 15.2 Å². The second-order valence-corrected chi connectivity index (χ2v) is 4.03. The molecular weight excluding hydrogens is 180 g/mol. The van der Waals surface area contributed by atoms with Crippen LogP contribution in [-0.2, 0) is 0 Å². The maximum absolute atomic E-state index is 5.65. The number of hydrogen-bond donors (Lipinski definition) is 1. The number of nitrogens with two attached hydrogens (primary N) is 1. The van der Waals surface area contributed by atoms with Gasteiger partial charge in [0, 0.05) is 12.5 Å². The van der Waals surface area contributed by atoms with Crippen molar-refractivity contribution in [3.05, 3.63) is 11.7 Å². The first-order valence-corrected chi connectivity index (χ1v) is 4.94. The molecule has 1 aromatic heterocycles. The largest absolute Gasteiger partial charge is 0.338 e. The Kier molecular flexibility index (Phi) is 2.52. The fourth-order valence-corrected chi connectivity index (χ4v) is 1.74. The third-order valence-corrected chi connectivity index (χ3v) is 2.60. The molecule has 1 aromatic rings. The van der Waals surface area contributed by atoms with E-state index in [1.807, 2.05) is 6.92 Å². The van der Waals surface area contributed by atoms with Gasteiger partial charge in [0.15, 0.2) is 5.82 Å². The van der Waals surface area contributed by atoms with E-state index >= 15 is 0 Å². The number of likely N-dealkylation sites (N-methyl/N-ethyl adjacent to an activating group) is 1. The first-order chi connectivity index (χ1) is 6.66. The smallest absolute Gasteiger partial charge is 0.243 e. The van der Waals surface area contributed by atoms with Gasteiger partial charge in [-0.1, -0.05) is 5.16 Å². The summed E-state index contributed by atoms with van der Waals surface area (Å²) < 4.78 is 5.07. The van der Waals surface area contributed by atoms with Gasteiger partial charge in [0.05, 0.1) is 6.04 Å². The molecule has 2 N–H and O–H groups in total. The number of likely N-dealkylation sites (tertiary alicyclic amines) is 1. The van der Waals surface area contributed by atoms with Crippen LogP contribution in [0.15, 0.2) is 4.52 Å². The Balaban J connectivity index is 2.09. The van der Waals surface area contributed by atoms with Gasteiger partial charge in [0.25, 0.3) is 0 Å². The van der Waals surface area contributed by atoms with Crippen LogP contribution in [0.1, 0.15) is 37.0 Å². The lowest BCUT2D eigenvalue weighted by molar-refractivity contribution is 0.353. The SMILES string of the molecule is CC(N)c1nc(C2CCN(C)C2)no1. The van der Waals surface area contributed by atoms with Gasteiger partial charge in [-0.15, -0.1) is 0 Å². The van der Waals surface area contributed by atoms with Crippen molar-refractivity contribution in [3.8, 4) is 0 Å². The zero-order valence-corrected chi connectivity index (χ0v) is 8.60. The summed E-state index contributed by atoms with van der Waals surface area (Å²) in [5.74, 6) is 1.76. The second-order valence-electron chi connectivity index (χ2n) is 4.03. The highest BCUT2D eigenvalue weighted by Crippen LogP contribution is 2.24. The van der Waals surface area contributed by atoms with E-state index in [4.69, 9.17) is 10.3 Å². The molecule has 2 heterocycles. The standard InChI is InChI=1S/C9H16N4O/c1-6(10)9-11-8(12-14-9)7-3-4-13(2)5-7/h6-7H,3-5,10H2,1-2H3. The predicted molar refractivity (Wildman–Crippen MR) is 51.8 cm³/mol. The first kappa shape index (κ1) is 9.61. The Morgan fingerprint density at radius 1 is 1.64 bits per heavy atom. The zero-order chi connectivity index (χ0) is 10.1. The molecule has 1 aliphatic rings. The zero-order valence-electron chi connectivity index (χ0n) is 8.60. The molecule has 0 aromatic carbocycles. The maximum atomic E-state index is 5.65. The average molecular weight is 196 g/mol. The van der Waals surface area contributed by atoms with E-state index in [1.54, 1.807) is 0 Å². The minimum Gasteiger partial charge on any atom is -0.338 e. The summed E-state index contributed by atoms with van der Waals surface area (Å²) in [6, 6.07) is -0.171. The highest BCUT2D eigenvalue weighted by atomic mass is 16.5. The number of aromatic nitrogens is 2. The molecule has 78 valence electrons. The summed E-state index contributed by atoms with van der Waals surface area (Å²) in [7, 11) is 2.10. The van der Waals surface area contributed by atoms with Crippen LogP contribution in [0, 0.1) is 0 Å². The van der Waals surface area contributed by atoms with E-state index in [2.05, 4.69) is 22.1 Å². The quantitative estimate of drug-likeness (QED) is 0.746. The lowest BCUT2D eigenvalue weighted by Crippen LogP contribution is -2.14. The van der Waals surface area contributed by atoms with Crippen molar-refractivity contribution >= 4 is 0 Å². The highest BCUT2D eigenvalue weighted by molar-refractivity contribution is 5.01. The van der Waals surface area contributed by atoms with Crippen LogP contribution in [-0.4, -0.2) is 35.2 Å². The Bertz CT molecular complexity index is 310. The topological polar surface area (TPSA) is 68.2 Å². The summed E-state index contributed by atoms with van der Waals surface area (Å²) in [6.07, 6.45) is 1.11. The normalized spacial score (nSPS) is 25.5. The Morgan fingerprint density at radius 3 is 2.93 bits per heavy atom. The Morgan fingerprint density at radius 2 is 2.43 bits per heavy atom. The van der Waals surface area contributed by atoms with Crippen molar-refractivity contribution < 1.29 is 4.52 Å². The van der Waals surface area contributed by atoms with E-state index in [0.29, 0.717) is 11.8 Å². The lowest BCUT2D eigenvalue weighted by atomic mass is 10.1. The molecule has 0 amide bonds. The molecule has 1 saturated heterocycles. The molecule has 2 unspecified atom stereocenters. The van der Waals surface area contributed by atoms with Crippen molar-refractivity contribution in [1.82, 2.24) is 15.0 Å². The van der Waals surface area contributed by atoms with Crippen LogP contribution in [0.4, 0.5) is 0 Å². The molecular formula is C9H16N4O. The summed E-state index contributed by atoms with van der Waals surface area (Å²) in [6.45, 7) is 3.96. The van der Waals surface area contributed by atoms with Crippen molar-refractivity contribution in [2.75, 3.05) is 20.1 Å². The van der Waals surface area contributed by atoms with Gasteiger partial charge >= 0.3 is 0 Å². The van der Waals surface area contributed by atoms with Crippen LogP contribution in [0.3, 0.4) is 0 Å². The summed E-state index contributed by atoms with van der Waals surface area (Å²) in [4.78, 5) is 6.57. The first-order valence-electron chi connectivity index (χ1n) is 4.94. The average Bonchev–Trinajstić information content (AvgIpc) is 2.70. The molecule has 0 radical (unpaired) electrons. The molecule has 5 heteroatoms. The molecule has 0 spiro atoms. The van der Waals surface area contributed by atoms with Crippen LogP contribution < -0.4 is 5.73 Å². The maximum Gasteiger partial charge on any atom is 0.243 e. The van der Waals surface area contributed by atoms with Gasteiger partial charge in [-0.3, -0.25) is 0 Å². The summed E-state index contributed by atoms with van der Waals surface area (Å²) in [5, 5.41) is 3.96. The lowest BCUT2D eigenvalue weighted by Gasteiger charge is -2.05. The molecule has 0 bridgehead atoms. The van der Waals surface area contributed by atoms with Gasteiger partial charge in [0.2, 0.25) is 5.89 Å². The van der Waals surface area contributed by atoms with Crippen LogP contribution in [0.2, 0.25) is 0 Å². The Labute approximate surface area is 83.3 Å². The molecule has 2 rings (SSSR count). The molecule has 2 atom stereocenters. The fourth-order valence-electron chi connectivity index (χ4n) is 1.74. The number of hydrogen-bond acceptors (Lipinski definition) is 5. The monoisotopic (exact) mass is 196 g/mol. The molecule has 1 aliphatic heterocycles. The van der Waals surface area contributed by atoms with E-state index in [0.717, 1.165) is 25.3 Å². The van der Waals surface area contributed by atoms with Crippen molar-refractivity contribution in [1.29, 1.82) is 0 Å². The van der Waals surface area contributed by atoms with E-state index in [-0.39, 0.29) is 6.04 Å². The third-order valence-electron chi connectivity index (χ3n) is 2.60. The molecule has 14 heavy (non-hydrogen) atoms. The number of nitrogens with zero attached hydrogens (tertiary/aromatic N) is 3. The minimum absolute atomic E-state index is 0.171. The molecule has 0 aliphatic carbocycles. The van der Waals surface area contributed by atoms with E-state index in [9.17, 15) is 0 Å². The van der Waals surface area contributed by atoms with Crippen LogP contribution in [0.5, 0.6) is 0 Å². The van der Waals surface area contributed by atoms with E-state index < -0.39 is 0 Å². The van der Waals surface area contributed by atoms with Gasteiger partial charge in [-0.05, 0) is 26.9 Å². The molecule has 1 fully saturated rings. The number of rotatable bonds is 2. The second kappa shape index (κ2) is 3.67. The van der Waals surface area contributed by atoms with Crippen LogP contribution >= 0.6 is 0 Å². The third kappa shape index (κ3) is 1.78. The van der Waals surface area contributed by atoms with Gasteiger partial charge in [0.1, 0.15) is 0 Å².